The van der Waals surface area contributed by atoms with E-state index >= 15 is 0 Å². The Morgan fingerprint density at radius 3 is 2.67 bits per heavy atom. The van der Waals surface area contributed by atoms with Crippen molar-refractivity contribution in [3.63, 3.8) is 0 Å². The van der Waals surface area contributed by atoms with E-state index in [0.717, 1.165) is 11.0 Å². The van der Waals surface area contributed by atoms with Crippen LogP contribution < -0.4 is 4.74 Å². The van der Waals surface area contributed by atoms with Gasteiger partial charge < -0.3 is 4.74 Å². The zero-order valence-electron chi connectivity index (χ0n) is 11.2. The Morgan fingerprint density at radius 2 is 2.11 bits per heavy atom. The van der Waals surface area contributed by atoms with Gasteiger partial charge in [0, 0.05) is 5.54 Å². The van der Waals surface area contributed by atoms with Crippen molar-refractivity contribution in [1.29, 1.82) is 5.26 Å². The van der Waals surface area contributed by atoms with Crippen molar-refractivity contribution in [2.45, 2.75) is 33.2 Å². The molecule has 0 unspecified atom stereocenters. The van der Waals surface area contributed by atoms with Crippen LogP contribution in [0.2, 0.25) is 0 Å². The zero-order chi connectivity index (χ0) is 13.3. The van der Waals surface area contributed by atoms with Gasteiger partial charge in [0.1, 0.15) is 0 Å². The fourth-order valence-corrected chi connectivity index (χ4v) is 2.00. The van der Waals surface area contributed by atoms with Crippen LogP contribution >= 0.6 is 0 Å². The van der Waals surface area contributed by atoms with Crippen molar-refractivity contribution in [2.24, 2.45) is 0 Å². The van der Waals surface area contributed by atoms with Crippen molar-refractivity contribution in [3.8, 4) is 12.1 Å². The molecule has 4 nitrogen and oxygen atoms in total. The predicted octanol–water partition coefficient (Wildman–Crippen LogP) is 3.06. The van der Waals surface area contributed by atoms with Gasteiger partial charge in [-0.15, -0.1) is 0 Å². The first kappa shape index (κ1) is 12.4. The van der Waals surface area contributed by atoms with Gasteiger partial charge in [0.15, 0.2) is 0 Å². The molecule has 2 aromatic rings. The lowest BCUT2D eigenvalue weighted by atomic mass is 10.1. The summed E-state index contributed by atoms with van der Waals surface area (Å²) in [7, 11) is 0. The van der Waals surface area contributed by atoms with E-state index < -0.39 is 0 Å². The molecule has 0 aliphatic rings. The Labute approximate surface area is 107 Å². The summed E-state index contributed by atoms with van der Waals surface area (Å²) in [5, 5.41) is 8.92. The van der Waals surface area contributed by atoms with Crippen molar-refractivity contribution < 1.29 is 4.74 Å². The molecule has 0 atom stereocenters. The van der Waals surface area contributed by atoms with Crippen molar-refractivity contribution in [2.75, 3.05) is 6.61 Å². The van der Waals surface area contributed by atoms with E-state index in [2.05, 4.69) is 36.4 Å². The molecule has 0 amide bonds. The van der Waals surface area contributed by atoms with Crippen molar-refractivity contribution in [3.05, 3.63) is 23.8 Å². The number of nitrogens with zero attached hydrogens (tertiary/aromatic N) is 3. The van der Waals surface area contributed by atoms with E-state index in [1.54, 1.807) is 6.07 Å². The third-order valence-electron chi connectivity index (χ3n) is 2.70. The molecule has 0 spiro atoms. The second-order valence-electron chi connectivity index (χ2n) is 5.15. The highest BCUT2D eigenvalue weighted by atomic mass is 16.5. The van der Waals surface area contributed by atoms with E-state index in [-0.39, 0.29) is 5.54 Å². The zero-order valence-corrected chi connectivity index (χ0v) is 11.2. The minimum absolute atomic E-state index is 0.118. The number of benzene rings is 1. The fourth-order valence-electron chi connectivity index (χ4n) is 2.00. The normalized spacial score (nSPS) is 11.5. The van der Waals surface area contributed by atoms with E-state index in [0.29, 0.717) is 18.2 Å². The predicted molar refractivity (Wildman–Crippen MR) is 70.6 cm³/mol. The Morgan fingerprint density at radius 1 is 1.39 bits per heavy atom. The number of fused-ring (bicyclic) bond motifs is 1. The van der Waals surface area contributed by atoms with E-state index in [9.17, 15) is 0 Å². The highest BCUT2D eigenvalue weighted by Crippen LogP contribution is 2.29. The quantitative estimate of drug-likeness (QED) is 0.814. The summed E-state index contributed by atoms with van der Waals surface area (Å²) in [6.45, 7) is 8.83. The van der Waals surface area contributed by atoms with Crippen LogP contribution in [0.3, 0.4) is 0 Å². The summed E-state index contributed by atoms with van der Waals surface area (Å²) < 4.78 is 7.65. The van der Waals surface area contributed by atoms with Gasteiger partial charge in [0.2, 0.25) is 0 Å². The van der Waals surface area contributed by atoms with Crippen LogP contribution in [-0.2, 0) is 5.54 Å². The van der Waals surface area contributed by atoms with Gasteiger partial charge in [-0.2, -0.15) is 10.2 Å². The van der Waals surface area contributed by atoms with Crippen LogP contribution in [0.15, 0.2) is 18.2 Å². The van der Waals surface area contributed by atoms with Crippen LogP contribution in [0.5, 0.6) is 6.01 Å². The Bertz CT molecular complexity index is 614. The number of rotatable bonds is 2. The maximum atomic E-state index is 8.92. The van der Waals surface area contributed by atoms with Gasteiger partial charge in [-0.05, 0) is 45.9 Å². The molecule has 0 aliphatic heterocycles. The second kappa shape index (κ2) is 4.34. The largest absolute Gasteiger partial charge is 0.465 e. The van der Waals surface area contributed by atoms with Crippen LogP contribution in [0, 0.1) is 11.3 Å². The van der Waals surface area contributed by atoms with E-state index in [4.69, 9.17) is 10.00 Å². The highest BCUT2D eigenvalue weighted by Gasteiger charge is 2.22. The van der Waals surface area contributed by atoms with Crippen LogP contribution in [0.25, 0.3) is 11.0 Å². The molecular weight excluding hydrogens is 226 g/mol. The van der Waals surface area contributed by atoms with Gasteiger partial charge in [-0.1, -0.05) is 0 Å². The molecule has 0 radical (unpaired) electrons. The Hall–Kier alpha value is -2.02. The fraction of sp³-hybridized carbons (Fsp3) is 0.429. The maximum absolute atomic E-state index is 8.92. The van der Waals surface area contributed by atoms with Crippen molar-refractivity contribution >= 4 is 11.0 Å². The summed E-state index contributed by atoms with van der Waals surface area (Å²) in [5.74, 6) is 0. The third-order valence-corrected chi connectivity index (χ3v) is 2.70. The van der Waals surface area contributed by atoms with Gasteiger partial charge in [0.25, 0.3) is 6.01 Å². The monoisotopic (exact) mass is 243 g/mol. The Kier molecular flexibility index (Phi) is 3.00. The number of nitriles is 1. The molecule has 0 N–H and O–H groups in total. The first-order valence-electron chi connectivity index (χ1n) is 6.03. The molecule has 1 aromatic carbocycles. The Balaban J connectivity index is 2.72. The molecule has 1 aromatic heterocycles. The lowest BCUT2D eigenvalue weighted by Crippen LogP contribution is -2.22. The average molecular weight is 243 g/mol. The number of ether oxygens (including phenoxy) is 1. The molecule has 0 saturated carbocycles. The topological polar surface area (TPSA) is 50.8 Å². The van der Waals surface area contributed by atoms with Crippen LogP contribution in [0.4, 0.5) is 0 Å². The van der Waals surface area contributed by atoms with E-state index in [1.165, 1.54) is 0 Å². The summed E-state index contributed by atoms with van der Waals surface area (Å²) >= 11 is 0. The molecule has 2 rings (SSSR count). The molecule has 0 bridgehead atoms. The summed E-state index contributed by atoms with van der Waals surface area (Å²) in [6.07, 6.45) is 0. The third kappa shape index (κ3) is 2.04. The molecule has 94 valence electrons. The number of hydrogen-bond acceptors (Lipinski definition) is 3. The first-order chi connectivity index (χ1) is 8.47. The molecule has 18 heavy (non-hydrogen) atoms. The average Bonchev–Trinajstić information content (AvgIpc) is 2.65. The number of hydrogen-bond donors (Lipinski definition) is 0. The molecular formula is C14H17N3O. The number of aromatic nitrogens is 2. The highest BCUT2D eigenvalue weighted by molar-refractivity contribution is 5.78. The lowest BCUT2D eigenvalue weighted by Gasteiger charge is -2.23. The van der Waals surface area contributed by atoms with Crippen LogP contribution in [-0.4, -0.2) is 16.2 Å². The van der Waals surface area contributed by atoms with Gasteiger partial charge in [-0.3, -0.25) is 4.57 Å². The molecule has 4 heteroatoms. The second-order valence-corrected chi connectivity index (χ2v) is 5.15. The summed E-state index contributed by atoms with van der Waals surface area (Å²) in [4.78, 5) is 4.47. The molecule has 1 heterocycles. The smallest absolute Gasteiger partial charge is 0.297 e. The SMILES string of the molecule is CCOc1nc2cc(C#N)ccc2n1C(C)(C)C. The van der Waals surface area contributed by atoms with Gasteiger partial charge in [0.05, 0.1) is 29.3 Å². The molecule has 0 fully saturated rings. The number of imidazole rings is 1. The summed E-state index contributed by atoms with van der Waals surface area (Å²) in [6, 6.07) is 8.26. The standard InChI is InChI=1S/C14H17N3O/c1-5-18-13-16-11-8-10(9-15)6-7-12(11)17(13)14(2,3)4/h6-8H,5H2,1-4H3. The first-order valence-corrected chi connectivity index (χ1v) is 6.03. The molecule has 0 saturated heterocycles. The van der Waals surface area contributed by atoms with E-state index in [1.807, 2.05) is 19.1 Å². The van der Waals surface area contributed by atoms with Gasteiger partial charge >= 0.3 is 0 Å². The van der Waals surface area contributed by atoms with Crippen LogP contribution in [0.1, 0.15) is 33.3 Å². The van der Waals surface area contributed by atoms with Crippen molar-refractivity contribution in [1.82, 2.24) is 9.55 Å². The van der Waals surface area contributed by atoms with Gasteiger partial charge in [-0.25, -0.2) is 0 Å². The molecule has 0 aliphatic carbocycles. The minimum Gasteiger partial charge on any atom is -0.465 e. The minimum atomic E-state index is -0.118. The lowest BCUT2D eigenvalue weighted by molar-refractivity contribution is 0.265. The maximum Gasteiger partial charge on any atom is 0.297 e. The summed E-state index contributed by atoms with van der Waals surface area (Å²) in [5.41, 5.74) is 2.29.